The fourth-order valence-electron chi connectivity index (χ4n) is 3.67. The van der Waals surface area contributed by atoms with Gasteiger partial charge in [-0.1, -0.05) is 0 Å². The summed E-state index contributed by atoms with van der Waals surface area (Å²) >= 11 is 0. The van der Waals surface area contributed by atoms with E-state index in [1.54, 1.807) is 0 Å². The first kappa shape index (κ1) is 53.6. The molecule has 0 bridgehead atoms. The molecule has 55 heavy (non-hydrogen) atoms. The molecule has 0 heterocycles. The minimum absolute atomic E-state index is 0.125. The van der Waals surface area contributed by atoms with E-state index in [1.165, 1.54) is 0 Å². The monoisotopic (exact) mass is 846 g/mol. The van der Waals surface area contributed by atoms with Crippen LogP contribution in [-0.2, 0) is 102 Å². The fourth-order valence-corrected chi connectivity index (χ4v) is 3.67. The molecule has 0 radical (unpaired) electrons. The Kier molecular flexibility index (Phi) is 41.1. The van der Waals surface area contributed by atoms with E-state index in [0.717, 1.165) is 0 Å². The second-order valence-corrected chi connectivity index (χ2v) is 10.2. The Morgan fingerprint density at radius 1 is 0.255 bits per heavy atom. The lowest BCUT2D eigenvalue weighted by atomic mass is 10.3. The van der Waals surface area contributed by atoms with Gasteiger partial charge in [0.05, 0.1) is 92.5 Å². The minimum Gasteiger partial charge on any atom is -0.376 e. The van der Waals surface area contributed by atoms with Gasteiger partial charge >= 0.3 is 0 Å². The number of ether oxygens (including phenoxy) is 9. The van der Waals surface area contributed by atoms with E-state index in [2.05, 4.69) is 59.7 Å². The smallest absolute Gasteiger partial charge is 0.146 e. The highest BCUT2D eigenvalue weighted by atomic mass is 19.3. The molecule has 0 fully saturated rings. The summed E-state index contributed by atoms with van der Waals surface area (Å²) in [4.78, 5) is 30.3. The number of hydrogen-bond acceptors (Lipinski definition) is 21. The zero-order valence-electron chi connectivity index (χ0n) is 29.2. The van der Waals surface area contributed by atoms with Gasteiger partial charge in [0.2, 0.25) is 0 Å². The molecule has 6 atom stereocenters. The number of rotatable bonds is 46. The Hall–Kier alpha value is -1.40. The van der Waals surface area contributed by atoms with Gasteiger partial charge in [-0.2, -0.15) is 39.3 Å². The second-order valence-electron chi connectivity index (χ2n) is 10.2. The predicted octanol–water partition coefficient (Wildman–Crippen LogP) is 2.28. The van der Waals surface area contributed by atoms with Crippen molar-refractivity contribution in [2.75, 3.05) is 132 Å². The van der Waals surface area contributed by atoms with Crippen molar-refractivity contribution < 1.29 is 139 Å². The van der Waals surface area contributed by atoms with Crippen LogP contribution in [0, 0.1) is 0 Å². The highest BCUT2D eigenvalue weighted by Crippen LogP contribution is 2.08. The quantitative estimate of drug-likeness (QED) is 0.0375. The van der Waals surface area contributed by atoms with Crippen molar-refractivity contribution in [2.45, 2.75) is 36.6 Å². The summed E-state index contributed by atoms with van der Waals surface area (Å²) in [7, 11) is 0. The summed E-state index contributed by atoms with van der Waals surface area (Å²) in [6.45, 7) is -6.73. The van der Waals surface area contributed by atoms with Crippen LogP contribution in [-0.4, -0.2) is 169 Å². The third-order valence-electron chi connectivity index (χ3n) is 6.05. The van der Waals surface area contributed by atoms with Crippen molar-refractivity contribution in [3.63, 3.8) is 0 Å². The van der Waals surface area contributed by atoms with E-state index in [-0.39, 0.29) is 85.9 Å². The first-order valence-corrected chi connectivity index (χ1v) is 16.0. The van der Waals surface area contributed by atoms with Gasteiger partial charge in [0.25, 0.3) is 0 Å². The molecule has 0 N–H and O–H groups in total. The van der Waals surface area contributed by atoms with Crippen LogP contribution in [0.2, 0.25) is 0 Å². The Labute approximate surface area is 307 Å². The van der Waals surface area contributed by atoms with Crippen molar-refractivity contribution in [3.8, 4) is 0 Å². The van der Waals surface area contributed by atoms with E-state index in [0.29, 0.717) is 0 Å². The molecule has 6 unspecified atom stereocenters. The molecule has 29 heteroatoms. The maximum atomic E-state index is 12.3. The van der Waals surface area contributed by atoms with E-state index in [9.17, 15) is 36.2 Å². The zero-order valence-corrected chi connectivity index (χ0v) is 29.2. The summed E-state index contributed by atoms with van der Waals surface area (Å²) in [6.07, 6.45) is -6.46. The highest BCUT2D eigenvalue weighted by molar-refractivity contribution is 4.66. The van der Waals surface area contributed by atoms with Gasteiger partial charge in [-0.05, 0) is 56.6 Å². The summed E-state index contributed by atoms with van der Waals surface area (Å²) in [5.74, 6) is 0. The molecule has 0 amide bonds. The van der Waals surface area contributed by atoms with Crippen LogP contribution >= 0.6 is 0 Å². The van der Waals surface area contributed by atoms with Gasteiger partial charge in [0.15, 0.2) is 0 Å². The molecule has 0 saturated carbocycles. The molecule has 0 aliphatic heterocycles. The van der Waals surface area contributed by atoms with Crippen LogP contribution in [0.5, 0.6) is 0 Å². The first-order valence-electron chi connectivity index (χ1n) is 16.0. The van der Waals surface area contributed by atoms with Gasteiger partial charge in [-0.3, -0.25) is 0 Å². The fraction of sp³-hybridized carbons (Fsp3) is 1.00. The lowest BCUT2D eigenvalue weighted by molar-refractivity contribution is -0.483. The SMILES string of the molecule is FOCCOCC(COCC(COCC(COCC(COOF)OOF)OCC(COOF)OOF)OCC(COCCOF)OCCOF)OCCOF. The van der Waals surface area contributed by atoms with E-state index >= 15 is 0 Å². The third kappa shape index (κ3) is 34.4. The average molecular weight is 847 g/mol. The Balaban J connectivity index is 5.70. The molecule has 0 rings (SSSR count). The standard InChI is InChI=1S/C26H46F8O21/c27-44-5-1-35-9-21(40-3-7-46-29)11-37-12-22(42-17-24(41-4-8-47-30)10-36-2-6-45-28)13-38-14-23(43-18-26(51-55-34)20-49-53-32)15-39-16-25(50-54-33)19-48-52-31/h21-26H,1-20H2. The minimum atomic E-state index is -1.41. The largest absolute Gasteiger partial charge is 0.376 e. The van der Waals surface area contributed by atoms with Gasteiger partial charge in [0.1, 0.15) is 76.3 Å². The van der Waals surface area contributed by atoms with Crippen LogP contribution in [0.25, 0.3) is 0 Å². The predicted molar refractivity (Wildman–Crippen MR) is 152 cm³/mol. The van der Waals surface area contributed by atoms with E-state index in [4.69, 9.17) is 42.6 Å². The van der Waals surface area contributed by atoms with Crippen molar-refractivity contribution in [1.82, 2.24) is 0 Å². The molecule has 0 aromatic heterocycles. The molecule has 0 spiro atoms. The average Bonchev–Trinajstić information content (AvgIpc) is 3.19. The molecule has 0 aromatic carbocycles. The van der Waals surface area contributed by atoms with Gasteiger partial charge in [0, 0.05) is 0 Å². The van der Waals surface area contributed by atoms with Gasteiger partial charge in [-0.15, -0.1) is 0 Å². The third-order valence-corrected chi connectivity index (χ3v) is 6.05. The molecule has 0 aromatic rings. The Morgan fingerprint density at radius 3 is 0.945 bits per heavy atom. The first-order chi connectivity index (χ1) is 27.0. The summed E-state index contributed by atoms with van der Waals surface area (Å²) in [5, 5.41) is 12.0. The summed E-state index contributed by atoms with van der Waals surface area (Å²) < 4.78 is 146. The molecular weight excluding hydrogens is 800 g/mol. The van der Waals surface area contributed by atoms with Crippen LogP contribution in [0.15, 0.2) is 0 Å². The van der Waals surface area contributed by atoms with Crippen molar-refractivity contribution >= 4 is 0 Å². The topological polar surface area (TPSA) is 194 Å². The van der Waals surface area contributed by atoms with Crippen LogP contribution in [0.1, 0.15) is 0 Å². The van der Waals surface area contributed by atoms with E-state index < -0.39 is 82.9 Å². The Bertz CT molecular complexity index is 774. The molecule has 0 aliphatic carbocycles. The molecule has 0 aliphatic rings. The van der Waals surface area contributed by atoms with Crippen LogP contribution in [0.3, 0.4) is 0 Å². The lowest BCUT2D eigenvalue weighted by Gasteiger charge is -2.25. The van der Waals surface area contributed by atoms with Crippen molar-refractivity contribution in [1.29, 1.82) is 0 Å². The second kappa shape index (κ2) is 42.2. The number of halogens is 8. The van der Waals surface area contributed by atoms with Crippen molar-refractivity contribution in [2.24, 2.45) is 0 Å². The van der Waals surface area contributed by atoms with Gasteiger partial charge < -0.3 is 42.6 Å². The zero-order chi connectivity index (χ0) is 40.5. The summed E-state index contributed by atoms with van der Waals surface area (Å²) in [5.41, 5.74) is 0. The van der Waals surface area contributed by atoms with E-state index in [1.807, 2.05) is 0 Å². The van der Waals surface area contributed by atoms with Crippen LogP contribution in [0.4, 0.5) is 36.2 Å². The number of hydrogen-bond donors (Lipinski definition) is 0. The van der Waals surface area contributed by atoms with Crippen LogP contribution < -0.4 is 0 Å². The maximum absolute atomic E-state index is 12.3. The van der Waals surface area contributed by atoms with Crippen molar-refractivity contribution in [3.05, 3.63) is 0 Å². The molecule has 0 saturated heterocycles. The Morgan fingerprint density at radius 2 is 0.564 bits per heavy atom. The van der Waals surface area contributed by atoms with Gasteiger partial charge in [-0.25, -0.2) is 0 Å². The molecular formula is C26H46F8O21. The molecule has 21 nitrogen and oxygen atoms in total. The highest BCUT2D eigenvalue weighted by Gasteiger charge is 2.22. The lowest BCUT2D eigenvalue weighted by Crippen LogP contribution is -2.37. The maximum Gasteiger partial charge on any atom is 0.146 e. The molecule has 332 valence electrons. The summed E-state index contributed by atoms with van der Waals surface area (Å²) in [6, 6.07) is 0. The normalized spacial score (nSPS) is 15.3.